The zero-order chi connectivity index (χ0) is 12.0. The molecular formula is C14H18O2. The minimum Gasteiger partial charge on any atom is -0.300 e. The third kappa shape index (κ3) is 3.97. The molecule has 0 aliphatic carbocycles. The first kappa shape index (κ1) is 12.6. The average molecular weight is 218 g/mol. The summed E-state index contributed by atoms with van der Waals surface area (Å²) < 4.78 is 0. The van der Waals surface area contributed by atoms with E-state index < -0.39 is 0 Å². The fraction of sp³-hybridized carbons (Fsp3) is 0.429. The third-order valence-electron chi connectivity index (χ3n) is 2.73. The van der Waals surface area contributed by atoms with Crippen molar-refractivity contribution in [1.82, 2.24) is 0 Å². The van der Waals surface area contributed by atoms with Crippen molar-refractivity contribution in [1.29, 1.82) is 0 Å². The van der Waals surface area contributed by atoms with Gasteiger partial charge in [0.05, 0.1) is 0 Å². The van der Waals surface area contributed by atoms with Crippen molar-refractivity contribution in [2.75, 3.05) is 0 Å². The first-order valence-electron chi connectivity index (χ1n) is 5.68. The maximum atomic E-state index is 11.8. The van der Waals surface area contributed by atoms with Gasteiger partial charge in [-0.25, -0.2) is 0 Å². The maximum Gasteiger partial charge on any atom is 0.140 e. The van der Waals surface area contributed by atoms with Crippen LogP contribution in [0.1, 0.15) is 44.6 Å². The Morgan fingerprint density at radius 3 is 2.31 bits per heavy atom. The minimum atomic E-state index is -0.0619. The number of carbonyl (C=O) groups is 2. The fourth-order valence-electron chi connectivity index (χ4n) is 1.66. The van der Waals surface area contributed by atoms with Gasteiger partial charge in [-0.15, -0.1) is 0 Å². The summed E-state index contributed by atoms with van der Waals surface area (Å²) in [5, 5.41) is 0. The van der Waals surface area contributed by atoms with Gasteiger partial charge in [-0.05, 0) is 18.9 Å². The number of carbonyl (C=O) groups excluding carboxylic acids is 2. The van der Waals surface area contributed by atoms with Crippen molar-refractivity contribution in [2.45, 2.75) is 39.0 Å². The van der Waals surface area contributed by atoms with E-state index in [1.807, 2.05) is 37.3 Å². The van der Waals surface area contributed by atoms with Crippen LogP contribution in [0.25, 0.3) is 0 Å². The molecule has 2 heteroatoms. The predicted molar refractivity (Wildman–Crippen MR) is 64.4 cm³/mol. The van der Waals surface area contributed by atoms with Gasteiger partial charge in [-0.2, -0.15) is 0 Å². The van der Waals surface area contributed by atoms with Crippen LogP contribution >= 0.6 is 0 Å². The highest BCUT2D eigenvalue weighted by atomic mass is 16.1. The molecule has 86 valence electrons. The van der Waals surface area contributed by atoms with Crippen LogP contribution in [0.5, 0.6) is 0 Å². The van der Waals surface area contributed by atoms with Gasteiger partial charge in [-0.1, -0.05) is 37.3 Å². The van der Waals surface area contributed by atoms with Gasteiger partial charge < -0.3 is 4.79 Å². The van der Waals surface area contributed by atoms with Crippen LogP contribution in [-0.4, -0.2) is 11.6 Å². The van der Waals surface area contributed by atoms with Crippen LogP contribution in [-0.2, 0) is 9.59 Å². The highest BCUT2D eigenvalue weighted by molar-refractivity contribution is 5.85. The Labute approximate surface area is 96.7 Å². The van der Waals surface area contributed by atoms with E-state index in [9.17, 15) is 9.59 Å². The monoisotopic (exact) mass is 218 g/mol. The summed E-state index contributed by atoms with van der Waals surface area (Å²) in [6.45, 7) is 3.48. The SMILES string of the molecule is CC(=O)CCCC(=O)C(C)c1ccccc1. The van der Waals surface area contributed by atoms with Gasteiger partial charge in [0.25, 0.3) is 0 Å². The lowest BCUT2D eigenvalue weighted by Crippen LogP contribution is -2.09. The van der Waals surface area contributed by atoms with Crippen LogP contribution in [0.4, 0.5) is 0 Å². The Morgan fingerprint density at radius 1 is 1.12 bits per heavy atom. The molecule has 0 aromatic heterocycles. The molecule has 0 bridgehead atoms. The van der Waals surface area contributed by atoms with E-state index in [4.69, 9.17) is 0 Å². The zero-order valence-corrected chi connectivity index (χ0v) is 9.90. The summed E-state index contributed by atoms with van der Waals surface area (Å²) in [4.78, 5) is 22.6. The second-order valence-corrected chi connectivity index (χ2v) is 4.15. The van der Waals surface area contributed by atoms with Crippen LogP contribution in [0, 0.1) is 0 Å². The molecule has 0 saturated carbocycles. The predicted octanol–water partition coefficient (Wildman–Crippen LogP) is 3.12. The number of rotatable bonds is 6. The minimum absolute atomic E-state index is 0.0619. The van der Waals surface area contributed by atoms with E-state index in [0.29, 0.717) is 19.3 Å². The Balaban J connectivity index is 2.45. The van der Waals surface area contributed by atoms with Crippen molar-refractivity contribution >= 4 is 11.6 Å². The van der Waals surface area contributed by atoms with Gasteiger partial charge in [0, 0.05) is 18.8 Å². The lowest BCUT2D eigenvalue weighted by atomic mass is 9.93. The molecule has 2 nitrogen and oxygen atoms in total. The number of hydrogen-bond acceptors (Lipinski definition) is 2. The van der Waals surface area contributed by atoms with Gasteiger partial charge in [-0.3, -0.25) is 4.79 Å². The van der Waals surface area contributed by atoms with E-state index >= 15 is 0 Å². The standard InChI is InChI=1S/C14H18O2/c1-11(15)7-6-10-14(16)12(2)13-8-4-3-5-9-13/h3-5,8-9,12H,6-7,10H2,1-2H3. The Hall–Kier alpha value is -1.44. The molecule has 0 saturated heterocycles. The summed E-state index contributed by atoms with van der Waals surface area (Å²) in [7, 11) is 0. The molecule has 0 aliphatic heterocycles. The van der Waals surface area contributed by atoms with E-state index in [0.717, 1.165) is 5.56 Å². The molecule has 1 rings (SSSR count). The first-order valence-corrected chi connectivity index (χ1v) is 5.68. The topological polar surface area (TPSA) is 34.1 Å². The Bertz CT molecular complexity index is 354. The van der Waals surface area contributed by atoms with Crippen LogP contribution in [0.15, 0.2) is 30.3 Å². The summed E-state index contributed by atoms with van der Waals surface area (Å²) in [6, 6.07) is 9.75. The molecule has 0 aliphatic rings. The smallest absolute Gasteiger partial charge is 0.140 e. The molecule has 1 atom stereocenters. The number of ketones is 2. The number of benzene rings is 1. The number of Topliss-reactive ketones (excluding diaryl/α,β-unsaturated/α-hetero) is 2. The van der Waals surface area contributed by atoms with Crippen molar-refractivity contribution < 1.29 is 9.59 Å². The molecular weight excluding hydrogens is 200 g/mol. The van der Waals surface area contributed by atoms with Crippen molar-refractivity contribution in [2.24, 2.45) is 0 Å². The van der Waals surface area contributed by atoms with Gasteiger partial charge in [0.1, 0.15) is 11.6 Å². The molecule has 1 aromatic carbocycles. The fourth-order valence-corrected chi connectivity index (χ4v) is 1.66. The van der Waals surface area contributed by atoms with Crippen molar-refractivity contribution in [3.63, 3.8) is 0 Å². The molecule has 1 unspecified atom stereocenters. The van der Waals surface area contributed by atoms with E-state index in [2.05, 4.69) is 0 Å². The van der Waals surface area contributed by atoms with E-state index in [-0.39, 0.29) is 17.5 Å². The van der Waals surface area contributed by atoms with E-state index in [1.54, 1.807) is 6.92 Å². The lowest BCUT2D eigenvalue weighted by molar-refractivity contribution is -0.120. The second kappa shape index (κ2) is 6.21. The molecule has 0 amide bonds. The van der Waals surface area contributed by atoms with Crippen molar-refractivity contribution in [3.8, 4) is 0 Å². The van der Waals surface area contributed by atoms with E-state index in [1.165, 1.54) is 0 Å². The summed E-state index contributed by atoms with van der Waals surface area (Å²) in [5.74, 6) is 0.306. The Kier molecular flexibility index (Phi) is 4.90. The van der Waals surface area contributed by atoms with Gasteiger partial charge in [0.15, 0.2) is 0 Å². The largest absolute Gasteiger partial charge is 0.300 e. The second-order valence-electron chi connectivity index (χ2n) is 4.15. The normalized spacial score (nSPS) is 12.1. The molecule has 0 fully saturated rings. The van der Waals surface area contributed by atoms with Crippen LogP contribution in [0.3, 0.4) is 0 Å². The summed E-state index contributed by atoms with van der Waals surface area (Å²) in [6.07, 6.45) is 1.67. The number of hydrogen-bond donors (Lipinski definition) is 0. The van der Waals surface area contributed by atoms with Gasteiger partial charge in [0.2, 0.25) is 0 Å². The van der Waals surface area contributed by atoms with Gasteiger partial charge >= 0.3 is 0 Å². The molecule has 1 aromatic rings. The molecule has 0 spiro atoms. The first-order chi connectivity index (χ1) is 7.61. The zero-order valence-electron chi connectivity index (χ0n) is 9.90. The summed E-state index contributed by atoms with van der Waals surface area (Å²) >= 11 is 0. The van der Waals surface area contributed by atoms with Crippen LogP contribution < -0.4 is 0 Å². The highest BCUT2D eigenvalue weighted by Crippen LogP contribution is 2.18. The summed E-state index contributed by atoms with van der Waals surface area (Å²) in [5.41, 5.74) is 1.05. The lowest BCUT2D eigenvalue weighted by Gasteiger charge is -2.10. The molecule has 0 radical (unpaired) electrons. The molecule has 16 heavy (non-hydrogen) atoms. The molecule has 0 N–H and O–H groups in total. The maximum absolute atomic E-state index is 11.8. The van der Waals surface area contributed by atoms with Crippen molar-refractivity contribution in [3.05, 3.63) is 35.9 Å². The highest BCUT2D eigenvalue weighted by Gasteiger charge is 2.14. The average Bonchev–Trinajstić information content (AvgIpc) is 2.28. The van der Waals surface area contributed by atoms with Crippen LogP contribution in [0.2, 0.25) is 0 Å². The molecule has 0 heterocycles. The Morgan fingerprint density at radius 2 is 1.75 bits per heavy atom. The third-order valence-corrected chi connectivity index (χ3v) is 2.73. The quantitative estimate of drug-likeness (QED) is 0.735.